The van der Waals surface area contributed by atoms with E-state index < -0.39 is 0 Å². The van der Waals surface area contributed by atoms with Crippen molar-refractivity contribution in [3.63, 3.8) is 0 Å². The average Bonchev–Trinajstić information content (AvgIpc) is 2.53. The lowest BCUT2D eigenvalue weighted by atomic mass is 10.2. The highest BCUT2D eigenvalue weighted by molar-refractivity contribution is 7.99. The average molecular weight is 299 g/mol. The van der Waals surface area contributed by atoms with E-state index in [1.165, 1.54) is 41.0 Å². The van der Waals surface area contributed by atoms with E-state index in [9.17, 15) is 0 Å². The molecule has 112 valence electrons. The minimum Gasteiger partial charge on any atom is -0.313 e. The van der Waals surface area contributed by atoms with Crippen molar-refractivity contribution in [2.24, 2.45) is 0 Å². The van der Waals surface area contributed by atoms with Crippen molar-refractivity contribution in [3.8, 4) is 0 Å². The molecular weight excluding hydrogens is 274 g/mol. The third-order valence-corrected chi connectivity index (χ3v) is 4.59. The molecule has 0 fully saturated rings. The first-order chi connectivity index (χ1) is 10.4. The van der Waals surface area contributed by atoms with Crippen LogP contribution in [0.5, 0.6) is 0 Å². The fourth-order valence-corrected chi connectivity index (χ4v) is 3.23. The van der Waals surface area contributed by atoms with Crippen LogP contribution in [0.4, 0.5) is 0 Å². The van der Waals surface area contributed by atoms with Gasteiger partial charge in [0.15, 0.2) is 0 Å². The molecule has 2 rings (SSSR count). The Kier molecular flexibility index (Phi) is 7.41. The molecule has 0 aliphatic heterocycles. The maximum atomic E-state index is 3.57. The predicted molar refractivity (Wildman–Crippen MR) is 92.9 cm³/mol. The first kappa shape index (κ1) is 16.1. The molecule has 0 spiro atoms. The molecule has 0 saturated heterocycles. The number of hydrogen-bond donors (Lipinski definition) is 1. The number of rotatable bonds is 9. The Bertz CT molecular complexity index is 510. The van der Waals surface area contributed by atoms with Crippen LogP contribution in [0, 0.1) is 0 Å². The third-order valence-electron chi connectivity index (χ3n) is 3.47. The molecule has 1 nitrogen and oxygen atoms in total. The summed E-state index contributed by atoms with van der Waals surface area (Å²) in [6.07, 6.45) is 5.27. The highest BCUT2D eigenvalue weighted by Crippen LogP contribution is 2.30. The van der Waals surface area contributed by atoms with E-state index in [1.807, 2.05) is 11.8 Å². The van der Waals surface area contributed by atoms with E-state index in [1.54, 1.807) is 0 Å². The molecule has 0 aliphatic carbocycles. The molecule has 2 heteroatoms. The van der Waals surface area contributed by atoms with Crippen molar-refractivity contribution in [2.75, 3.05) is 6.54 Å². The maximum Gasteiger partial charge on any atom is 0.0216 e. The number of hydrogen-bond acceptors (Lipinski definition) is 2. The lowest BCUT2D eigenvalue weighted by molar-refractivity contribution is 0.595. The second kappa shape index (κ2) is 9.64. The van der Waals surface area contributed by atoms with Gasteiger partial charge >= 0.3 is 0 Å². The van der Waals surface area contributed by atoms with Gasteiger partial charge in [0.1, 0.15) is 0 Å². The minimum absolute atomic E-state index is 0.960. The summed E-state index contributed by atoms with van der Waals surface area (Å²) in [6, 6.07) is 19.3. The summed E-state index contributed by atoms with van der Waals surface area (Å²) >= 11 is 1.85. The molecule has 0 amide bonds. The van der Waals surface area contributed by atoms with Crippen LogP contribution in [-0.2, 0) is 6.54 Å². The summed E-state index contributed by atoms with van der Waals surface area (Å²) in [5.74, 6) is 0. The van der Waals surface area contributed by atoms with Gasteiger partial charge in [0, 0.05) is 16.3 Å². The first-order valence-corrected chi connectivity index (χ1v) is 8.73. The molecule has 0 aliphatic rings. The van der Waals surface area contributed by atoms with Gasteiger partial charge < -0.3 is 5.32 Å². The Balaban J connectivity index is 1.85. The SMILES string of the molecule is CCCCCCNCc1ccccc1Sc1ccccc1. The van der Waals surface area contributed by atoms with E-state index in [2.05, 4.69) is 66.8 Å². The number of nitrogens with one attached hydrogen (secondary N) is 1. The third kappa shape index (κ3) is 5.94. The van der Waals surface area contributed by atoms with Crippen LogP contribution >= 0.6 is 11.8 Å². The van der Waals surface area contributed by atoms with Crippen molar-refractivity contribution in [1.29, 1.82) is 0 Å². The van der Waals surface area contributed by atoms with Crippen LogP contribution in [0.2, 0.25) is 0 Å². The highest BCUT2D eigenvalue weighted by atomic mass is 32.2. The zero-order valence-corrected chi connectivity index (χ0v) is 13.7. The van der Waals surface area contributed by atoms with Gasteiger partial charge in [-0.3, -0.25) is 0 Å². The zero-order chi connectivity index (χ0) is 14.8. The number of benzene rings is 2. The fraction of sp³-hybridized carbons (Fsp3) is 0.368. The summed E-state index contributed by atoms with van der Waals surface area (Å²) in [6.45, 7) is 4.33. The predicted octanol–water partition coefficient (Wildman–Crippen LogP) is 5.51. The van der Waals surface area contributed by atoms with Crippen LogP contribution in [0.1, 0.15) is 38.2 Å². The van der Waals surface area contributed by atoms with Gasteiger partial charge in [0.2, 0.25) is 0 Å². The van der Waals surface area contributed by atoms with Gasteiger partial charge in [-0.1, -0.05) is 74.3 Å². The molecule has 2 aromatic carbocycles. The monoisotopic (exact) mass is 299 g/mol. The topological polar surface area (TPSA) is 12.0 Å². The van der Waals surface area contributed by atoms with E-state index in [-0.39, 0.29) is 0 Å². The summed E-state index contributed by atoms with van der Waals surface area (Å²) < 4.78 is 0. The van der Waals surface area contributed by atoms with Crippen molar-refractivity contribution in [1.82, 2.24) is 5.32 Å². The Morgan fingerprint density at radius 2 is 1.62 bits per heavy atom. The summed E-state index contributed by atoms with van der Waals surface area (Å²) in [5.41, 5.74) is 1.39. The summed E-state index contributed by atoms with van der Waals surface area (Å²) in [4.78, 5) is 2.65. The van der Waals surface area contributed by atoms with Gasteiger partial charge in [0.05, 0.1) is 0 Å². The van der Waals surface area contributed by atoms with Gasteiger partial charge in [0.25, 0.3) is 0 Å². The molecule has 21 heavy (non-hydrogen) atoms. The standard InChI is InChI=1S/C19H25NS/c1-2-3-4-10-15-20-16-17-11-8-9-14-19(17)21-18-12-6-5-7-13-18/h5-9,11-14,20H,2-4,10,15-16H2,1H3. The van der Waals surface area contributed by atoms with Crippen molar-refractivity contribution in [3.05, 3.63) is 60.2 Å². The van der Waals surface area contributed by atoms with Crippen LogP contribution in [0.3, 0.4) is 0 Å². The molecule has 2 aromatic rings. The second-order valence-electron chi connectivity index (χ2n) is 5.26. The lowest BCUT2D eigenvalue weighted by Crippen LogP contribution is -2.15. The normalized spacial score (nSPS) is 10.7. The molecule has 0 bridgehead atoms. The van der Waals surface area contributed by atoms with Crippen molar-refractivity contribution < 1.29 is 0 Å². The Morgan fingerprint density at radius 1 is 0.857 bits per heavy atom. The lowest BCUT2D eigenvalue weighted by Gasteiger charge is -2.10. The van der Waals surface area contributed by atoms with Gasteiger partial charge in [-0.2, -0.15) is 0 Å². The number of unbranched alkanes of at least 4 members (excludes halogenated alkanes) is 3. The van der Waals surface area contributed by atoms with Gasteiger partial charge in [-0.15, -0.1) is 0 Å². The molecule has 1 N–H and O–H groups in total. The minimum atomic E-state index is 0.960. The summed E-state index contributed by atoms with van der Waals surface area (Å²) in [5, 5.41) is 3.57. The fourth-order valence-electron chi connectivity index (χ4n) is 2.26. The Morgan fingerprint density at radius 3 is 2.43 bits per heavy atom. The van der Waals surface area contributed by atoms with E-state index >= 15 is 0 Å². The Labute approximate surface area is 133 Å². The zero-order valence-electron chi connectivity index (χ0n) is 12.8. The molecule has 0 aromatic heterocycles. The van der Waals surface area contributed by atoms with Crippen molar-refractivity contribution in [2.45, 2.75) is 48.9 Å². The maximum absolute atomic E-state index is 3.57. The molecule has 0 atom stereocenters. The first-order valence-electron chi connectivity index (χ1n) is 7.91. The second-order valence-corrected chi connectivity index (χ2v) is 6.38. The van der Waals surface area contributed by atoms with Crippen LogP contribution in [0.25, 0.3) is 0 Å². The Hall–Kier alpha value is -1.25. The van der Waals surface area contributed by atoms with Crippen LogP contribution in [-0.4, -0.2) is 6.54 Å². The molecular formula is C19H25NS. The largest absolute Gasteiger partial charge is 0.313 e. The van der Waals surface area contributed by atoms with Gasteiger partial charge in [-0.05, 0) is 36.7 Å². The quantitative estimate of drug-likeness (QED) is 0.613. The van der Waals surface area contributed by atoms with E-state index in [4.69, 9.17) is 0 Å². The smallest absolute Gasteiger partial charge is 0.0216 e. The highest BCUT2D eigenvalue weighted by Gasteiger charge is 2.03. The van der Waals surface area contributed by atoms with Crippen LogP contribution in [0.15, 0.2) is 64.4 Å². The molecule has 0 radical (unpaired) electrons. The van der Waals surface area contributed by atoms with E-state index in [0.717, 1.165) is 13.1 Å². The van der Waals surface area contributed by atoms with Crippen LogP contribution < -0.4 is 5.32 Å². The van der Waals surface area contributed by atoms with Crippen molar-refractivity contribution >= 4 is 11.8 Å². The van der Waals surface area contributed by atoms with E-state index in [0.29, 0.717) is 0 Å². The van der Waals surface area contributed by atoms with Gasteiger partial charge in [-0.25, -0.2) is 0 Å². The molecule has 0 heterocycles. The summed E-state index contributed by atoms with van der Waals surface area (Å²) in [7, 11) is 0. The molecule has 0 saturated carbocycles. The molecule has 0 unspecified atom stereocenters.